The van der Waals surface area contributed by atoms with Gasteiger partial charge in [0.2, 0.25) is 0 Å². The molecule has 0 radical (unpaired) electrons. The van der Waals surface area contributed by atoms with Crippen LogP contribution in [0.2, 0.25) is 0 Å². The van der Waals surface area contributed by atoms with Crippen molar-refractivity contribution in [2.45, 2.75) is 50.7 Å². The highest BCUT2D eigenvalue weighted by Gasteiger charge is 2.43. The lowest BCUT2D eigenvalue weighted by atomic mass is 9.96. The van der Waals surface area contributed by atoms with Crippen LogP contribution < -0.4 is 10.5 Å². The lowest BCUT2D eigenvalue weighted by Gasteiger charge is -2.34. The number of amides is 1. The summed E-state index contributed by atoms with van der Waals surface area (Å²) in [4.78, 5) is 28.1. The number of nitrogens with zero attached hydrogens (tertiary/aromatic N) is 2. The third-order valence-electron chi connectivity index (χ3n) is 7.59. The van der Waals surface area contributed by atoms with Crippen molar-refractivity contribution in [3.63, 3.8) is 0 Å². The normalized spacial score (nSPS) is 21.1. The Morgan fingerprint density at radius 2 is 1.87 bits per heavy atom. The van der Waals surface area contributed by atoms with E-state index in [4.69, 9.17) is 10.5 Å². The molecule has 206 valence electrons. The summed E-state index contributed by atoms with van der Waals surface area (Å²) in [5.74, 6) is -1.27. The third-order valence-corrected chi connectivity index (χ3v) is 7.59. The Labute approximate surface area is 221 Å². The Morgan fingerprint density at radius 1 is 1.13 bits per heavy atom. The van der Waals surface area contributed by atoms with Crippen molar-refractivity contribution in [1.29, 1.82) is 0 Å². The average molecular weight is 532 g/mol. The SMILES string of the molecule is CC(C)(F)CN1CCC(COc2ccc(-c3ccc(C(=O)N4CCCC4(C=O)CN)c(F)c3)c(F)c2)CC1. The van der Waals surface area contributed by atoms with Crippen molar-refractivity contribution in [2.75, 3.05) is 39.3 Å². The van der Waals surface area contributed by atoms with Crippen molar-refractivity contribution >= 4 is 12.2 Å². The Balaban J connectivity index is 1.38. The summed E-state index contributed by atoms with van der Waals surface area (Å²) >= 11 is 0. The molecule has 2 aliphatic rings. The van der Waals surface area contributed by atoms with Gasteiger partial charge < -0.3 is 25.1 Å². The maximum atomic E-state index is 15.0. The van der Waals surface area contributed by atoms with Gasteiger partial charge in [0.05, 0.1) is 12.2 Å². The summed E-state index contributed by atoms with van der Waals surface area (Å²) in [6.45, 7) is 5.92. The molecule has 0 aliphatic carbocycles. The van der Waals surface area contributed by atoms with E-state index in [1.807, 2.05) is 0 Å². The summed E-state index contributed by atoms with van der Waals surface area (Å²) in [5.41, 5.74) is 3.70. The number of hydrogen-bond acceptors (Lipinski definition) is 5. The van der Waals surface area contributed by atoms with Crippen molar-refractivity contribution in [3.8, 4) is 16.9 Å². The van der Waals surface area contributed by atoms with Gasteiger partial charge in [0, 0.05) is 31.3 Å². The van der Waals surface area contributed by atoms with Crippen LogP contribution in [0.1, 0.15) is 49.9 Å². The van der Waals surface area contributed by atoms with Crippen LogP contribution in [0.4, 0.5) is 13.2 Å². The zero-order chi connectivity index (χ0) is 27.5. The number of rotatable bonds is 9. The first-order valence-corrected chi connectivity index (χ1v) is 13.2. The predicted molar refractivity (Wildman–Crippen MR) is 140 cm³/mol. The van der Waals surface area contributed by atoms with Crippen LogP contribution in [0.25, 0.3) is 11.1 Å². The molecule has 1 unspecified atom stereocenters. The van der Waals surface area contributed by atoms with Gasteiger partial charge in [-0.3, -0.25) is 4.79 Å². The molecule has 9 heteroatoms. The second-order valence-electron chi connectivity index (χ2n) is 11.1. The molecule has 2 aromatic rings. The molecule has 0 bridgehead atoms. The molecule has 2 heterocycles. The zero-order valence-corrected chi connectivity index (χ0v) is 22.0. The maximum Gasteiger partial charge on any atom is 0.257 e. The fourth-order valence-corrected chi connectivity index (χ4v) is 5.47. The van der Waals surface area contributed by atoms with E-state index < -0.39 is 28.7 Å². The van der Waals surface area contributed by atoms with Crippen LogP contribution in [0.15, 0.2) is 36.4 Å². The average Bonchev–Trinajstić information content (AvgIpc) is 3.31. The summed E-state index contributed by atoms with van der Waals surface area (Å²) in [6.07, 6.45) is 3.49. The first kappa shape index (κ1) is 28.1. The number of carbonyl (C=O) groups is 2. The van der Waals surface area contributed by atoms with Crippen molar-refractivity contribution < 1.29 is 27.5 Å². The summed E-state index contributed by atoms with van der Waals surface area (Å²) in [5, 5.41) is 0. The van der Waals surface area contributed by atoms with Crippen LogP contribution >= 0.6 is 0 Å². The number of halogens is 3. The predicted octanol–water partition coefficient (Wildman–Crippen LogP) is 4.60. The van der Waals surface area contributed by atoms with Gasteiger partial charge in [0.25, 0.3) is 5.91 Å². The van der Waals surface area contributed by atoms with Gasteiger partial charge in [-0.15, -0.1) is 0 Å². The van der Waals surface area contributed by atoms with Gasteiger partial charge in [-0.1, -0.05) is 6.07 Å². The van der Waals surface area contributed by atoms with E-state index >= 15 is 4.39 Å². The highest BCUT2D eigenvalue weighted by molar-refractivity contribution is 5.97. The van der Waals surface area contributed by atoms with E-state index in [0.29, 0.717) is 50.5 Å². The molecule has 0 saturated carbocycles. The fraction of sp³-hybridized carbons (Fsp3) is 0.517. The molecule has 2 N–H and O–H groups in total. The van der Waals surface area contributed by atoms with E-state index in [0.717, 1.165) is 32.0 Å². The number of ether oxygens (including phenoxy) is 1. The fourth-order valence-electron chi connectivity index (χ4n) is 5.47. The number of alkyl halides is 1. The van der Waals surface area contributed by atoms with E-state index in [2.05, 4.69) is 4.90 Å². The van der Waals surface area contributed by atoms with Crippen LogP contribution in [0.5, 0.6) is 5.75 Å². The maximum absolute atomic E-state index is 15.0. The molecule has 0 spiro atoms. The molecular formula is C29H36F3N3O3. The standard InChI is InChI=1S/C29H36F3N3O3/c1-28(2,32)18-34-12-8-20(9-13-34)16-38-22-5-7-23(26(31)15-22)21-4-6-24(25(30)14-21)27(37)35-11-3-10-29(35,17-33)19-36/h4-7,14-15,19-20H,3,8-13,16-18,33H2,1-2H3. The second-order valence-corrected chi connectivity index (χ2v) is 11.1. The molecule has 38 heavy (non-hydrogen) atoms. The molecule has 4 rings (SSSR count). The lowest BCUT2D eigenvalue weighted by Crippen LogP contribution is -2.53. The van der Waals surface area contributed by atoms with E-state index in [-0.39, 0.29) is 23.2 Å². The van der Waals surface area contributed by atoms with Gasteiger partial charge >= 0.3 is 0 Å². The number of benzene rings is 2. The zero-order valence-electron chi connectivity index (χ0n) is 22.0. The second kappa shape index (κ2) is 11.5. The molecule has 1 amide bonds. The Kier molecular flexibility index (Phi) is 8.47. The van der Waals surface area contributed by atoms with E-state index in [1.165, 1.54) is 29.2 Å². The van der Waals surface area contributed by atoms with Gasteiger partial charge in [0.1, 0.15) is 34.9 Å². The van der Waals surface area contributed by atoms with Gasteiger partial charge in [0.15, 0.2) is 0 Å². The first-order chi connectivity index (χ1) is 18.0. The van der Waals surface area contributed by atoms with E-state index in [1.54, 1.807) is 19.9 Å². The van der Waals surface area contributed by atoms with Gasteiger partial charge in [-0.05, 0) is 88.4 Å². The molecular weight excluding hydrogens is 495 g/mol. The minimum atomic E-state index is -1.22. The number of carbonyl (C=O) groups excluding carboxylic acids is 2. The highest BCUT2D eigenvalue weighted by Crippen LogP contribution is 2.32. The van der Waals surface area contributed by atoms with Gasteiger partial charge in [-0.25, -0.2) is 13.2 Å². The summed E-state index contributed by atoms with van der Waals surface area (Å²) in [7, 11) is 0. The number of nitrogens with two attached hydrogens (primary N) is 1. The Bertz CT molecular complexity index is 1160. The molecule has 1 atom stereocenters. The number of likely N-dealkylation sites (tertiary alicyclic amines) is 2. The monoisotopic (exact) mass is 531 g/mol. The number of aldehydes is 1. The quantitative estimate of drug-likeness (QED) is 0.479. The molecule has 2 aliphatic heterocycles. The Hall–Kier alpha value is -2.91. The summed E-state index contributed by atoms with van der Waals surface area (Å²) < 4.78 is 49.7. The van der Waals surface area contributed by atoms with Crippen molar-refractivity contribution in [2.24, 2.45) is 11.7 Å². The number of hydrogen-bond donors (Lipinski definition) is 1. The third kappa shape index (κ3) is 6.21. The van der Waals surface area contributed by atoms with Crippen LogP contribution in [-0.2, 0) is 4.79 Å². The molecule has 6 nitrogen and oxygen atoms in total. The van der Waals surface area contributed by atoms with Crippen LogP contribution in [0, 0.1) is 17.6 Å². The van der Waals surface area contributed by atoms with Gasteiger partial charge in [-0.2, -0.15) is 0 Å². The molecule has 2 aromatic carbocycles. The molecule has 2 saturated heterocycles. The smallest absolute Gasteiger partial charge is 0.257 e. The lowest BCUT2D eigenvalue weighted by molar-refractivity contribution is -0.115. The summed E-state index contributed by atoms with van der Waals surface area (Å²) in [6, 6.07) is 8.37. The molecule has 2 fully saturated rings. The van der Waals surface area contributed by atoms with Crippen LogP contribution in [0.3, 0.4) is 0 Å². The largest absolute Gasteiger partial charge is 0.493 e. The van der Waals surface area contributed by atoms with Crippen LogP contribution in [-0.4, -0.2) is 72.5 Å². The highest BCUT2D eigenvalue weighted by atomic mass is 19.1. The van der Waals surface area contributed by atoms with Crippen molar-refractivity contribution in [3.05, 3.63) is 53.6 Å². The Morgan fingerprint density at radius 3 is 2.47 bits per heavy atom. The minimum Gasteiger partial charge on any atom is -0.493 e. The topological polar surface area (TPSA) is 75.9 Å². The molecule has 0 aromatic heterocycles. The van der Waals surface area contributed by atoms with Crippen molar-refractivity contribution in [1.82, 2.24) is 9.80 Å². The number of piperidine rings is 1. The van der Waals surface area contributed by atoms with E-state index in [9.17, 15) is 18.4 Å². The first-order valence-electron chi connectivity index (χ1n) is 13.2. The minimum absolute atomic E-state index is 0.0295.